The molecule has 0 saturated heterocycles. The maximum absolute atomic E-state index is 10.6. The zero-order valence-electron chi connectivity index (χ0n) is 6.06. The summed E-state index contributed by atoms with van der Waals surface area (Å²) in [6, 6.07) is 7.03. The molecule has 0 aliphatic heterocycles. The maximum atomic E-state index is 10.6. The molecule has 59 valence electrons. The van der Waals surface area contributed by atoms with E-state index in [4.69, 9.17) is 5.11 Å². The van der Waals surface area contributed by atoms with E-state index in [1.165, 1.54) is 0 Å². The fraction of sp³-hybridized carbons (Fsp3) is 0. The third-order valence-corrected chi connectivity index (χ3v) is 1.58. The van der Waals surface area contributed by atoms with Crippen molar-refractivity contribution < 1.29 is 9.90 Å². The average Bonchev–Trinajstić information content (AvgIpc) is 2.47. The molecule has 0 spiro atoms. The van der Waals surface area contributed by atoms with E-state index in [2.05, 4.69) is 11.3 Å². The van der Waals surface area contributed by atoms with Crippen LogP contribution in [0.2, 0.25) is 0 Å². The van der Waals surface area contributed by atoms with Crippen molar-refractivity contribution in [1.29, 1.82) is 0 Å². The molecule has 1 aromatic carbocycles. The molecule has 0 fully saturated rings. The van der Waals surface area contributed by atoms with Crippen LogP contribution in [-0.4, -0.2) is 21.0 Å². The number of fused-ring (bicyclic) bond motifs is 1. The van der Waals surface area contributed by atoms with Crippen LogP contribution in [-0.2, 0) is 0 Å². The van der Waals surface area contributed by atoms with Gasteiger partial charge < -0.3 is 5.11 Å². The highest BCUT2D eigenvalue weighted by Gasteiger charge is 2.06. The fourth-order valence-corrected chi connectivity index (χ4v) is 1.06. The fourth-order valence-electron chi connectivity index (χ4n) is 1.06. The second-order valence-corrected chi connectivity index (χ2v) is 2.32. The summed E-state index contributed by atoms with van der Waals surface area (Å²) in [7, 11) is 0. The summed E-state index contributed by atoms with van der Waals surface area (Å²) >= 11 is 0. The summed E-state index contributed by atoms with van der Waals surface area (Å²) in [5.74, 6) is 0. The van der Waals surface area contributed by atoms with Gasteiger partial charge in [-0.3, -0.25) is 0 Å². The third kappa shape index (κ3) is 0.852. The molecule has 2 rings (SSSR count). The van der Waals surface area contributed by atoms with Crippen LogP contribution in [0.5, 0.6) is 0 Å². The number of rotatable bonds is 0. The van der Waals surface area contributed by atoms with Gasteiger partial charge in [0.25, 0.3) is 0 Å². The monoisotopic (exact) mass is 161 g/mol. The van der Waals surface area contributed by atoms with E-state index in [0.29, 0.717) is 10.9 Å². The summed E-state index contributed by atoms with van der Waals surface area (Å²) in [6.45, 7) is 0. The van der Waals surface area contributed by atoms with Gasteiger partial charge in [0.1, 0.15) is 6.20 Å². The molecule has 1 heterocycles. The van der Waals surface area contributed by atoms with Crippen LogP contribution in [0.15, 0.2) is 24.3 Å². The smallest absolute Gasteiger partial charge is 0.432 e. The number of hydrogen-bond donors (Lipinski definition) is 1. The molecule has 0 unspecified atom stereocenters. The third-order valence-electron chi connectivity index (χ3n) is 1.58. The number of aromatic nitrogens is 2. The minimum atomic E-state index is -1.09. The van der Waals surface area contributed by atoms with Gasteiger partial charge in [0.2, 0.25) is 0 Å². The van der Waals surface area contributed by atoms with Crippen LogP contribution in [0, 0.1) is 6.20 Å². The van der Waals surface area contributed by atoms with Crippen molar-refractivity contribution >= 4 is 17.0 Å². The number of carboxylic acid groups (broad SMARTS) is 1. The molecule has 1 aromatic heterocycles. The molecule has 12 heavy (non-hydrogen) atoms. The lowest BCUT2D eigenvalue weighted by Gasteiger charge is -1.92. The van der Waals surface area contributed by atoms with E-state index in [-0.39, 0.29) is 0 Å². The lowest BCUT2D eigenvalue weighted by molar-refractivity contribution is 0.194. The van der Waals surface area contributed by atoms with Crippen molar-refractivity contribution in [2.24, 2.45) is 0 Å². The Balaban J connectivity index is 2.79. The Morgan fingerprint density at radius 2 is 2.25 bits per heavy atom. The number of nitrogens with zero attached hydrogens (tertiary/aromatic N) is 2. The second-order valence-electron chi connectivity index (χ2n) is 2.32. The Morgan fingerprint density at radius 3 is 3.00 bits per heavy atom. The summed E-state index contributed by atoms with van der Waals surface area (Å²) < 4.78 is 0.898. The molecule has 1 radical (unpaired) electrons. The van der Waals surface area contributed by atoms with Crippen LogP contribution in [0.3, 0.4) is 0 Å². The van der Waals surface area contributed by atoms with Crippen LogP contribution < -0.4 is 0 Å². The van der Waals surface area contributed by atoms with E-state index in [9.17, 15) is 4.79 Å². The molecule has 0 bridgehead atoms. The summed E-state index contributed by atoms with van der Waals surface area (Å²) in [6.07, 6.45) is 1.51. The Labute approximate surface area is 68.0 Å². The average molecular weight is 161 g/mol. The van der Waals surface area contributed by atoms with Crippen LogP contribution >= 0.6 is 0 Å². The lowest BCUT2D eigenvalue weighted by Crippen LogP contribution is -2.08. The number of para-hydroxylation sites is 1. The minimum Gasteiger partial charge on any atom is -0.463 e. The van der Waals surface area contributed by atoms with E-state index >= 15 is 0 Å². The first-order valence-corrected chi connectivity index (χ1v) is 3.38. The summed E-state index contributed by atoms with van der Waals surface area (Å²) in [5, 5.41) is 12.9. The molecule has 0 amide bonds. The van der Waals surface area contributed by atoms with E-state index in [0.717, 1.165) is 4.68 Å². The lowest BCUT2D eigenvalue weighted by atomic mass is 10.3. The zero-order chi connectivity index (χ0) is 8.55. The SMILES string of the molecule is O=C(O)n1n[c]c2ccccc21. The highest BCUT2D eigenvalue weighted by Crippen LogP contribution is 2.10. The first-order chi connectivity index (χ1) is 5.79. The highest BCUT2D eigenvalue weighted by molar-refractivity contribution is 5.86. The van der Waals surface area contributed by atoms with E-state index < -0.39 is 6.09 Å². The van der Waals surface area contributed by atoms with Crippen LogP contribution in [0.1, 0.15) is 0 Å². The predicted octanol–water partition coefficient (Wildman–Crippen LogP) is 1.36. The molecule has 4 heteroatoms. The Morgan fingerprint density at radius 1 is 1.50 bits per heavy atom. The number of benzene rings is 1. The topological polar surface area (TPSA) is 55.1 Å². The zero-order valence-corrected chi connectivity index (χ0v) is 6.06. The van der Waals surface area contributed by atoms with Crippen molar-refractivity contribution in [2.75, 3.05) is 0 Å². The Bertz CT molecular complexity index is 433. The van der Waals surface area contributed by atoms with Crippen LogP contribution in [0.25, 0.3) is 10.9 Å². The first-order valence-electron chi connectivity index (χ1n) is 3.38. The van der Waals surface area contributed by atoms with E-state index in [1.54, 1.807) is 18.2 Å². The molecule has 0 aliphatic rings. The molecule has 0 aliphatic carbocycles. The van der Waals surface area contributed by atoms with Gasteiger partial charge in [0.15, 0.2) is 0 Å². The predicted molar refractivity (Wildman–Crippen MR) is 42.0 cm³/mol. The Hall–Kier alpha value is -1.84. The summed E-state index contributed by atoms with van der Waals surface area (Å²) in [5.41, 5.74) is 0.560. The quantitative estimate of drug-likeness (QED) is 0.634. The molecular formula is C8H5N2O2. The van der Waals surface area contributed by atoms with E-state index in [1.807, 2.05) is 6.07 Å². The van der Waals surface area contributed by atoms with Gasteiger partial charge in [0.05, 0.1) is 5.52 Å². The van der Waals surface area contributed by atoms with Gasteiger partial charge >= 0.3 is 6.09 Å². The van der Waals surface area contributed by atoms with Crippen molar-refractivity contribution in [3.8, 4) is 0 Å². The van der Waals surface area contributed by atoms with Gasteiger partial charge in [-0.05, 0) is 6.07 Å². The second kappa shape index (κ2) is 2.34. The van der Waals surface area contributed by atoms with Crippen molar-refractivity contribution in [3.05, 3.63) is 30.5 Å². The summed E-state index contributed by atoms with van der Waals surface area (Å²) in [4.78, 5) is 10.6. The molecule has 2 aromatic rings. The molecule has 0 saturated carbocycles. The van der Waals surface area contributed by atoms with Gasteiger partial charge in [-0.15, -0.1) is 0 Å². The minimum absolute atomic E-state index is 0.560. The number of hydrogen-bond acceptors (Lipinski definition) is 2. The number of carbonyl (C=O) groups is 1. The molecule has 0 atom stereocenters. The highest BCUT2D eigenvalue weighted by atomic mass is 16.4. The largest absolute Gasteiger partial charge is 0.463 e. The molecule has 1 N–H and O–H groups in total. The van der Waals surface area contributed by atoms with Crippen LogP contribution in [0.4, 0.5) is 4.79 Å². The van der Waals surface area contributed by atoms with Gasteiger partial charge in [-0.1, -0.05) is 18.2 Å². The Kier molecular flexibility index (Phi) is 1.33. The maximum Gasteiger partial charge on any atom is 0.432 e. The van der Waals surface area contributed by atoms with Gasteiger partial charge in [0, 0.05) is 5.39 Å². The van der Waals surface area contributed by atoms with Gasteiger partial charge in [-0.25, -0.2) is 4.79 Å². The van der Waals surface area contributed by atoms with Crippen molar-refractivity contribution in [3.63, 3.8) is 0 Å². The molecule has 4 nitrogen and oxygen atoms in total. The van der Waals surface area contributed by atoms with Gasteiger partial charge in [-0.2, -0.15) is 9.78 Å². The first kappa shape index (κ1) is 6.84. The van der Waals surface area contributed by atoms with Crippen molar-refractivity contribution in [2.45, 2.75) is 0 Å². The molecular weight excluding hydrogens is 156 g/mol. The normalized spacial score (nSPS) is 10.3. The van der Waals surface area contributed by atoms with Crippen molar-refractivity contribution in [1.82, 2.24) is 9.78 Å². The standard InChI is InChI=1S/C8H5N2O2/c11-8(12)10-7-4-2-1-3-6(7)5-9-10/h1-4H,(H,11,12).